The molecule has 12 aliphatic rings. The first kappa shape index (κ1) is 36.9. The van der Waals surface area contributed by atoms with Crippen molar-refractivity contribution >= 4 is 0 Å². The number of hydrogen-bond acceptors (Lipinski definition) is 10. The molecule has 8 bridgehead atoms. The third-order valence-corrected chi connectivity index (χ3v) is 18.1. The van der Waals surface area contributed by atoms with Gasteiger partial charge in [0.1, 0.15) is 23.4 Å². The van der Waals surface area contributed by atoms with Gasteiger partial charge in [-0.1, -0.05) is 36.4 Å². The molecule has 2 saturated carbocycles. The van der Waals surface area contributed by atoms with Crippen LogP contribution < -0.4 is 14.2 Å². The molecule has 14 rings (SSSR count). The summed E-state index contributed by atoms with van der Waals surface area (Å²) in [7, 11) is 9.71. The van der Waals surface area contributed by atoms with Gasteiger partial charge in [0.05, 0.1) is 29.1 Å². The van der Waals surface area contributed by atoms with E-state index in [-0.39, 0.29) is 51.5 Å². The van der Waals surface area contributed by atoms with Gasteiger partial charge in [-0.3, -0.25) is 0 Å². The highest BCUT2D eigenvalue weighted by Crippen LogP contribution is 2.77. The van der Waals surface area contributed by atoms with E-state index in [0.717, 1.165) is 63.1 Å². The van der Waals surface area contributed by atoms with Crippen molar-refractivity contribution in [2.45, 2.75) is 124 Å². The summed E-state index contributed by atoms with van der Waals surface area (Å²) in [5.41, 5.74) is 1.58. The lowest BCUT2D eigenvalue weighted by Gasteiger charge is -2.72. The lowest BCUT2D eigenvalue weighted by Crippen LogP contribution is -2.80. The average molecular weight is 781 g/mol. The van der Waals surface area contributed by atoms with E-state index in [4.69, 9.17) is 23.7 Å². The van der Waals surface area contributed by atoms with Crippen LogP contribution in [-0.4, -0.2) is 120 Å². The van der Waals surface area contributed by atoms with Crippen LogP contribution in [0, 0.1) is 22.7 Å². The number of hydrogen-bond donors (Lipinski definition) is 3. The van der Waals surface area contributed by atoms with Crippen molar-refractivity contribution in [3.8, 4) is 23.0 Å². The maximum Gasteiger partial charge on any atom is 0.166 e. The number of benzene rings is 2. The molecule has 10 unspecified atom stereocenters. The molecule has 2 aromatic rings. The van der Waals surface area contributed by atoms with Crippen molar-refractivity contribution in [3.05, 3.63) is 70.8 Å². The fourth-order valence-electron chi connectivity index (χ4n) is 15.9. The molecule has 306 valence electrons. The van der Waals surface area contributed by atoms with Crippen molar-refractivity contribution in [2.24, 2.45) is 22.7 Å². The van der Waals surface area contributed by atoms with E-state index in [1.165, 1.54) is 22.3 Å². The van der Waals surface area contributed by atoms with Crippen LogP contribution in [0.15, 0.2) is 48.6 Å². The van der Waals surface area contributed by atoms with Gasteiger partial charge in [0.25, 0.3) is 0 Å². The standard InChI is InChI=1S/C24H31NO4.C23H29NO4/c1-21(2,26)16-13-22-8-9-24(16,28-5)20-23(22)10-11-25(3)17(22)12-14-6-7-15(27-4)19(29-20)18(14)23;1-20(2,26)15-12-21-7-8-23(15,27-4)19-22(21)9-10-24(3)16(21)11-13-5-6-14(25)18(28-19)17(13)22/h6-9,16-17,20,26H,10-13H2,1-5H3;5-8,15-16,19,25-26H,9-12H2,1-4H3/t16?,17?,20?,22?,23-,24?;15?,16?,19?,21?,22-,23?/m00/s1. The number of likely N-dealkylation sites (N-methyl/N-ethyl adjacent to an activating group) is 2. The minimum atomic E-state index is -0.900. The molecule has 10 nitrogen and oxygen atoms in total. The van der Waals surface area contributed by atoms with Gasteiger partial charge < -0.3 is 48.8 Å². The normalized spacial score (nSPS) is 44.5. The molecule has 4 aliphatic heterocycles. The number of phenols is 1. The van der Waals surface area contributed by atoms with Gasteiger partial charge in [-0.15, -0.1) is 0 Å². The molecule has 57 heavy (non-hydrogen) atoms. The zero-order valence-corrected chi connectivity index (χ0v) is 35.0. The molecule has 8 aliphatic carbocycles. The molecule has 0 radical (unpaired) electrons. The lowest BCUT2D eigenvalue weighted by atomic mass is 9.36. The summed E-state index contributed by atoms with van der Waals surface area (Å²) in [4.78, 5) is 5.03. The van der Waals surface area contributed by atoms with Crippen LogP contribution in [0.2, 0.25) is 0 Å². The van der Waals surface area contributed by atoms with E-state index in [0.29, 0.717) is 17.8 Å². The Morgan fingerprint density at radius 1 is 0.667 bits per heavy atom. The molecule has 2 saturated heterocycles. The zero-order chi connectivity index (χ0) is 40.1. The highest BCUT2D eigenvalue weighted by atomic mass is 16.6. The van der Waals surface area contributed by atoms with Gasteiger partial charge in [0.15, 0.2) is 23.0 Å². The van der Waals surface area contributed by atoms with Crippen molar-refractivity contribution in [3.63, 3.8) is 0 Å². The smallest absolute Gasteiger partial charge is 0.166 e. The molecule has 2 aromatic carbocycles. The Labute approximate surface area is 336 Å². The number of ether oxygens (including phenoxy) is 5. The monoisotopic (exact) mass is 780 g/mol. The average Bonchev–Trinajstić information content (AvgIpc) is 3.75. The Morgan fingerprint density at radius 2 is 1.12 bits per heavy atom. The van der Waals surface area contributed by atoms with Gasteiger partial charge in [-0.2, -0.15) is 0 Å². The van der Waals surface area contributed by atoms with E-state index >= 15 is 0 Å². The second-order valence-electron chi connectivity index (χ2n) is 20.6. The summed E-state index contributed by atoms with van der Waals surface area (Å²) in [5.74, 6) is 2.46. The van der Waals surface area contributed by atoms with Crippen molar-refractivity contribution in [1.82, 2.24) is 9.80 Å². The number of aliphatic hydroxyl groups is 2. The molecular formula is C47H60N2O8. The molecular weight excluding hydrogens is 721 g/mol. The quantitative estimate of drug-likeness (QED) is 0.356. The van der Waals surface area contributed by atoms with Gasteiger partial charge in [0, 0.05) is 60.1 Å². The summed E-state index contributed by atoms with van der Waals surface area (Å²) in [5, 5.41) is 33.1. The predicted octanol–water partition coefficient (Wildman–Crippen LogP) is 5.07. The Morgan fingerprint density at radius 3 is 1.58 bits per heavy atom. The van der Waals surface area contributed by atoms with E-state index < -0.39 is 22.4 Å². The summed E-state index contributed by atoms with van der Waals surface area (Å²) in [6, 6.07) is 8.90. The minimum absolute atomic E-state index is 0.0426. The molecule has 3 N–H and O–H groups in total. The number of nitrogens with zero attached hydrogens (tertiary/aromatic N) is 2. The first-order valence-electron chi connectivity index (χ1n) is 21.2. The maximum absolute atomic E-state index is 11.2. The number of piperidine rings is 2. The third-order valence-electron chi connectivity index (χ3n) is 18.1. The Hall–Kier alpha value is -3.12. The number of likely N-dealkylation sites (tertiary alicyclic amines) is 2. The Bertz CT molecular complexity index is 2160. The molecule has 4 spiro atoms. The minimum Gasteiger partial charge on any atom is -0.504 e. The molecule has 0 aromatic heterocycles. The van der Waals surface area contributed by atoms with Gasteiger partial charge >= 0.3 is 0 Å². The Balaban J connectivity index is 0.000000131. The summed E-state index contributed by atoms with van der Waals surface area (Å²) in [6.45, 7) is 9.68. The highest BCUT2D eigenvalue weighted by molar-refractivity contribution is 5.67. The van der Waals surface area contributed by atoms with E-state index in [2.05, 4.69) is 66.4 Å². The Kier molecular flexibility index (Phi) is 7.11. The maximum atomic E-state index is 11.2. The van der Waals surface area contributed by atoms with E-state index in [1.54, 1.807) is 27.4 Å². The number of methoxy groups -OCH3 is 3. The van der Waals surface area contributed by atoms with Crippen LogP contribution in [0.1, 0.15) is 75.6 Å². The summed E-state index contributed by atoms with van der Waals surface area (Å²) >= 11 is 0. The zero-order valence-electron chi connectivity index (χ0n) is 35.0. The number of aromatic hydroxyl groups is 1. The van der Waals surface area contributed by atoms with E-state index in [9.17, 15) is 15.3 Å². The summed E-state index contributed by atoms with van der Waals surface area (Å²) < 4.78 is 31.8. The topological polar surface area (TPSA) is 113 Å². The van der Waals surface area contributed by atoms with Crippen LogP contribution in [0.25, 0.3) is 0 Å². The van der Waals surface area contributed by atoms with Crippen LogP contribution in [-0.2, 0) is 33.1 Å². The second kappa shape index (κ2) is 11.0. The molecule has 4 fully saturated rings. The number of phenolic OH excluding ortho intramolecular Hbond substituents is 1. The molecule has 10 heteroatoms. The van der Waals surface area contributed by atoms with Crippen LogP contribution in [0.5, 0.6) is 23.0 Å². The van der Waals surface area contributed by atoms with Crippen LogP contribution >= 0.6 is 0 Å². The molecule has 0 amide bonds. The van der Waals surface area contributed by atoms with E-state index in [1.807, 2.05) is 27.7 Å². The lowest BCUT2D eigenvalue weighted by molar-refractivity contribution is -0.243. The van der Waals surface area contributed by atoms with Crippen LogP contribution in [0.4, 0.5) is 0 Å². The predicted molar refractivity (Wildman–Crippen MR) is 214 cm³/mol. The SMILES string of the molecule is COC12C=CC3(CC1C(C)(C)O)C1Cc4ccc(O)c5c4[C@@]3(CCN1C)C2O5.COc1ccc2c3c1OC1C4(OC)C=CC5(CC4C(C)(C)O)C(C2)N(C)CC[C@]315. The third kappa shape index (κ3) is 3.84. The first-order valence-corrected chi connectivity index (χ1v) is 21.2. The number of rotatable bonds is 5. The number of fused-ring (bicyclic) bond motifs is 2. The summed E-state index contributed by atoms with van der Waals surface area (Å²) in [6.07, 6.45) is 14.6. The first-order chi connectivity index (χ1) is 27.0. The second-order valence-corrected chi connectivity index (χ2v) is 20.6. The fourth-order valence-corrected chi connectivity index (χ4v) is 15.9. The molecule has 4 heterocycles. The van der Waals surface area contributed by atoms with Crippen molar-refractivity contribution in [1.29, 1.82) is 0 Å². The molecule has 12 atom stereocenters. The van der Waals surface area contributed by atoms with Gasteiger partial charge in [-0.05, 0) is 117 Å². The largest absolute Gasteiger partial charge is 0.504 e. The van der Waals surface area contributed by atoms with Gasteiger partial charge in [0.2, 0.25) is 0 Å². The van der Waals surface area contributed by atoms with Crippen molar-refractivity contribution in [2.75, 3.05) is 48.5 Å². The fraction of sp³-hybridized carbons (Fsp3) is 0.660. The van der Waals surface area contributed by atoms with Gasteiger partial charge in [-0.25, -0.2) is 0 Å². The highest BCUT2D eigenvalue weighted by Gasteiger charge is 2.82. The van der Waals surface area contributed by atoms with Crippen LogP contribution in [0.3, 0.4) is 0 Å². The van der Waals surface area contributed by atoms with Crippen molar-refractivity contribution < 1.29 is 39.0 Å².